The first-order chi connectivity index (χ1) is 11.6. The minimum Gasteiger partial charge on any atom is -0.454 e. The zero-order valence-electron chi connectivity index (χ0n) is 13.7. The Kier molecular flexibility index (Phi) is 5.11. The minimum absolute atomic E-state index is 0.184. The minimum atomic E-state index is -0.523. The molecule has 3 rings (SSSR count). The van der Waals surface area contributed by atoms with E-state index in [-0.39, 0.29) is 18.6 Å². The number of fused-ring (bicyclic) bond motifs is 1. The zero-order valence-corrected chi connectivity index (χ0v) is 14.5. The van der Waals surface area contributed by atoms with Crippen LogP contribution in [0.3, 0.4) is 0 Å². The Labute approximate surface area is 144 Å². The van der Waals surface area contributed by atoms with Crippen molar-refractivity contribution in [3.63, 3.8) is 0 Å². The molecule has 24 heavy (non-hydrogen) atoms. The van der Waals surface area contributed by atoms with E-state index in [1.165, 1.54) is 0 Å². The van der Waals surface area contributed by atoms with Crippen LogP contribution in [0.2, 0.25) is 0 Å². The second-order valence-electron chi connectivity index (χ2n) is 5.81. The number of hydrogen-bond acceptors (Lipinski definition) is 6. The van der Waals surface area contributed by atoms with E-state index in [0.29, 0.717) is 13.0 Å². The number of aromatic nitrogens is 1. The zero-order chi connectivity index (χ0) is 17.1. The number of ether oxygens (including phenoxy) is 2. The Bertz CT molecular complexity index is 706. The topological polar surface area (TPSA) is 68.7 Å². The van der Waals surface area contributed by atoms with Gasteiger partial charge in [0.2, 0.25) is 0 Å². The molecule has 1 saturated heterocycles. The summed E-state index contributed by atoms with van der Waals surface area (Å²) >= 11 is 1.56. The van der Waals surface area contributed by atoms with Crippen LogP contribution < -0.4 is 0 Å². The molecule has 1 fully saturated rings. The van der Waals surface area contributed by atoms with Gasteiger partial charge in [-0.25, -0.2) is 9.78 Å². The predicted molar refractivity (Wildman–Crippen MR) is 90.7 cm³/mol. The summed E-state index contributed by atoms with van der Waals surface area (Å²) in [6.45, 7) is 2.21. The van der Waals surface area contributed by atoms with E-state index < -0.39 is 12.1 Å². The van der Waals surface area contributed by atoms with Crippen LogP contribution in [0.15, 0.2) is 24.3 Å². The van der Waals surface area contributed by atoms with Crippen molar-refractivity contribution < 1.29 is 19.1 Å². The van der Waals surface area contributed by atoms with E-state index in [1.807, 2.05) is 31.2 Å². The fourth-order valence-electron chi connectivity index (χ4n) is 2.54. The first-order valence-electron chi connectivity index (χ1n) is 7.95. The highest BCUT2D eigenvalue weighted by Gasteiger charge is 2.27. The number of rotatable bonds is 5. The van der Waals surface area contributed by atoms with Gasteiger partial charge in [0.15, 0.2) is 12.7 Å². The maximum Gasteiger partial charge on any atom is 0.335 e. The van der Waals surface area contributed by atoms with Crippen molar-refractivity contribution >= 4 is 33.4 Å². The molecule has 1 aliphatic rings. The van der Waals surface area contributed by atoms with E-state index in [9.17, 15) is 9.59 Å². The molecule has 0 radical (unpaired) electrons. The average Bonchev–Trinajstić information content (AvgIpc) is 3.26. The number of para-hydroxylation sites is 1. The van der Waals surface area contributed by atoms with Gasteiger partial charge in [-0.3, -0.25) is 4.79 Å². The monoisotopic (exact) mass is 348 g/mol. The van der Waals surface area contributed by atoms with Gasteiger partial charge in [0.05, 0.1) is 16.3 Å². The molecule has 0 saturated carbocycles. The second-order valence-corrected chi connectivity index (χ2v) is 6.87. The van der Waals surface area contributed by atoms with Gasteiger partial charge in [-0.05, 0) is 31.9 Å². The Balaban J connectivity index is 1.58. The van der Waals surface area contributed by atoms with Gasteiger partial charge in [0.1, 0.15) is 5.01 Å². The quantitative estimate of drug-likeness (QED) is 0.777. The van der Waals surface area contributed by atoms with Gasteiger partial charge < -0.3 is 14.4 Å². The van der Waals surface area contributed by atoms with Gasteiger partial charge in [0.25, 0.3) is 5.91 Å². The third-order valence-electron chi connectivity index (χ3n) is 4.17. The molecule has 0 unspecified atom stereocenters. The number of nitrogens with zero attached hydrogens (tertiary/aromatic N) is 2. The van der Waals surface area contributed by atoms with Crippen LogP contribution in [0.4, 0.5) is 0 Å². The van der Waals surface area contributed by atoms with Crippen LogP contribution in [0.5, 0.6) is 0 Å². The largest absolute Gasteiger partial charge is 0.454 e. The lowest BCUT2D eigenvalue weighted by molar-refractivity contribution is -0.160. The van der Waals surface area contributed by atoms with Crippen LogP contribution in [-0.4, -0.2) is 48.1 Å². The molecule has 1 aromatic heterocycles. The lowest BCUT2D eigenvalue weighted by Crippen LogP contribution is -2.35. The molecule has 1 aromatic carbocycles. The summed E-state index contributed by atoms with van der Waals surface area (Å²) < 4.78 is 11.4. The summed E-state index contributed by atoms with van der Waals surface area (Å²) in [5.41, 5.74) is 0.926. The standard InChI is InChI=1S/C17H20N2O4S/c1-11(16-18-12-6-3-4-8-14(12)24-16)19(2)15(20)10-23-17(21)13-7-5-9-22-13/h3-4,6,8,11,13H,5,7,9-10H2,1-2H3/t11-,13-/m0/s1. The summed E-state index contributed by atoms with van der Waals surface area (Å²) in [7, 11) is 1.69. The molecule has 6 nitrogen and oxygen atoms in total. The molecule has 0 aliphatic carbocycles. The summed E-state index contributed by atoms with van der Waals surface area (Å²) in [5.74, 6) is -0.713. The number of thiazole rings is 1. The fraction of sp³-hybridized carbons (Fsp3) is 0.471. The van der Waals surface area contributed by atoms with Gasteiger partial charge in [-0.15, -0.1) is 11.3 Å². The SMILES string of the molecule is C[C@@H](c1nc2ccccc2s1)N(C)C(=O)COC(=O)[C@@H]1CCCO1. The lowest BCUT2D eigenvalue weighted by Gasteiger charge is -2.23. The number of benzene rings is 1. The summed E-state index contributed by atoms with van der Waals surface area (Å²) in [6, 6.07) is 7.68. The third kappa shape index (κ3) is 3.57. The molecule has 2 aromatic rings. The van der Waals surface area contributed by atoms with Crippen LogP contribution in [0.25, 0.3) is 10.2 Å². The van der Waals surface area contributed by atoms with Crippen molar-refractivity contribution in [3.05, 3.63) is 29.3 Å². The molecule has 2 atom stereocenters. The number of amides is 1. The molecule has 0 N–H and O–H groups in total. The highest BCUT2D eigenvalue weighted by molar-refractivity contribution is 7.18. The Hall–Kier alpha value is -1.99. The highest BCUT2D eigenvalue weighted by Crippen LogP contribution is 2.28. The van der Waals surface area contributed by atoms with Gasteiger partial charge in [0, 0.05) is 13.7 Å². The van der Waals surface area contributed by atoms with Crippen LogP contribution >= 0.6 is 11.3 Å². The van der Waals surface area contributed by atoms with E-state index in [4.69, 9.17) is 9.47 Å². The first-order valence-corrected chi connectivity index (χ1v) is 8.77. The van der Waals surface area contributed by atoms with Crippen LogP contribution in [0.1, 0.15) is 30.8 Å². The summed E-state index contributed by atoms with van der Waals surface area (Å²) in [4.78, 5) is 30.2. The van der Waals surface area contributed by atoms with E-state index in [2.05, 4.69) is 4.98 Å². The maximum atomic E-state index is 12.3. The van der Waals surface area contributed by atoms with Gasteiger partial charge in [-0.1, -0.05) is 12.1 Å². The van der Waals surface area contributed by atoms with Crippen molar-refractivity contribution in [1.29, 1.82) is 0 Å². The molecule has 0 bridgehead atoms. The number of carbonyl (C=O) groups is 2. The van der Waals surface area contributed by atoms with Gasteiger partial charge >= 0.3 is 5.97 Å². The number of carbonyl (C=O) groups excluding carboxylic acids is 2. The molecular formula is C17H20N2O4S. The molecule has 7 heteroatoms. The van der Waals surface area contributed by atoms with E-state index >= 15 is 0 Å². The molecular weight excluding hydrogens is 328 g/mol. The highest BCUT2D eigenvalue weighted by atomic mass is 32.1. The van der Waals surface area contributed by atoms with Crippen molar-refractivity contribution in [1.82, 2.24) is 9.88 Å². The van der Waals surface area contributed by atoms with Crippen molar-refractivity contribution in [2.75, 3.05) is 20.3 Å². The van der Waals surface area contributed by atoms with Crippen molar-refractivity contribution in [2.45, 2.75) is 31.9 Å². The molecule has 0 spiro atoms. The van der Waals surface area contributed by atoms with Crippen molar-refractivity contribution in [2.24, 2.45) is 0 Å². The lowest BCUT2D eigenvalue weighted by atomic mass is 10.2. The Morgan fingerprint density at radius 2 is 2.25 bits per heavy atom. The van der Waals surface area contributed by atoms with E-state index in [0.717, 1.165) is 21.6 Å². The Morgan fingerprint density at radius 1 is 1.46 bits per heavy atom. The first kappa shape index (κ1) is 16.9. The molecule has 2 heterocycles. The third-order valence-corrected chi connectivity index (χ3v) is 5.38. The molecule has 128 valence electrons. The smallest absolute Gasteiger partial charge is 0.335 e. The average molecular weight is 348 g/mol. The fourth-order valence-corrected chi connectivity index (χ4v) is 3.60. The predicted octanol–water partition coefficient (Wildman–Crippen LogP) is 2.54. The van der Waals surface area contributed by atoms with Gasteiger partial charge in [-0.2, -0.15) is 0 Å². The normalized spacial score (nSPS) is 18.5. The number of likely N-dealkylation sites (N-methyl/N-ethyl adjacent to an activating group) is 1. The van der Waals surface area contributed by atoms with Crippen LogP contribution in [0, 0.1) is 0 Å². The second kappa shape index (κ2) is 7.27. The Morgan fingerprint density at radius 3 is 2.96 bits per heavy atom. The number of hydrogen-bond donors (Lipinski definition) is 0. The summed E-state index contributed by atoms with van der Waals surface area (Å²) in [5, 5.41) is 0.859. The maximum absolute atomic E-state index is 12.3. The van der Waals surface area contributed by atoms with Crippen molar-refractivity contribution in [3.8, 4) is 0 Å². The molecule has 1 aliphatic heterocycles. The van der Waals surface area contributed by atoms with E-state index in [1.54, 1.807) is 23.3 Å². The number of esters is 1. The summed E-state index contributed by atoms with van der Waals surface area (Å²) in [6.07, 6.45) is 0.984. The van der Waals surface area contributed by atoms with Crippen LogP contribution in [-0.2, 0) is 19.1 Å². The molecule has 1 amide bonds.